The van der Waals surface area contributed by atoms with Crippen molar-refractivity contribution in [2.75, 3.05) is 13.2 Å². The van der Waals surface area contributed by atoms with Gasteiger partial charge in [-0.15, -0.1) is 0 Å². The number of non-ortho nitro benzene ring substituents is 1. The third-order valence-corrected chi connectivity index (χ3v) is 3.59. The van der Waals surface area contributed by atoms with Crippen LogP contribution in [0, 0.1) is 10.1 Å². The van der Waals surface area contributed by atoms with Gasteiger partial charge in [-0.05, 0) is 54.7 Å². The predicted octanol–water partition coefficient (Wildman–Crippen LogP) is 4.19. The Labute approximate surface area is 135 Å². The fourth-order valence-corrected chi connectivity index (χ4v) is 2.28. The molecule has 0 radical (unpaired) electrons. The van der Waals surface area contributed by atoms with E-state index in [0.29, 0.717) is 6.61 Å². The number of ether oxygens (including phenoxy) is 1. The minimum atomic E-state index is -0.402. The van der Waals surface area contributed by atoms with E-state index in [1.165, 1.54) is 12.1 Å². The first-order valence-corrected chi connectivity index (χ1v) is 7.79. The topological polar surface area (TPSA) is 72.6 Å². The molecule has 0 unspecified atom stereocenters. The van der Waals surface area contributed by atoms with E-state index in [0.717, 1.165) is 42.6 Å². The number of rotatable bonds is 9. The van der Waals surface area contributed by atoms with Gasteiger partial charge in [-0.25, -0.2) is 0 Å². The molecule has 0 bridgehead atoms. The first-order valence-electron chi connectivity index (χ1n) is 7.79. The number of hydrogen-bond donors (Lipinski definition) is 1. The van der Waals surface area contributed by atoms with Crippen molar-refractivity contribution in [3.05, 3.63) is 58.6 Å². The van der Waals surface area contributed by atoms with Gasteiger partial charge in [-0.3, -0.25) is 10.1 Å². The highest BCUT2D eigenvalue weighted by atomic mass is 16.6. The number of benzene rings is 2. The SMILES string of the molecule is O=[N+]([O-])c1ccc(-c2ccc(OCCCCCCO)cc2)cc1. The van der Waals surface area contributed by atoms with E-state index in [9.17, 15) is 10.1 Å². The van der Waals surface area contributed by atoms with Crippen LogP contribution in [0.1, 0.15) is 25.7 Å². The summed E-state index contributed by atoms with van der Waals surface area (Å²) in [6, 6.07) is 14.2. The molecule has 0 atom stereocenters. The van der Waals surface area contributed by atoms with Gasteiger partial charge in [0.2, 0.25) is 0 Å². The van der Waals surface area contributed by atoms with E-state index in [2.05, 4.69) is 0 Å². The molecule has 5 heteroatoms. The smallest absolute Gasteiger partial charge is 0.269 e. The molecule has 0 saturated carbocycles. The van der Waals surface area contributed by atoms with Gasteiger partial charge in [0.1, 0.15) is 5.75 Å². The lowest BCUT2D eigenvalue weighted by Crippen LogP contribution is -1.97. The molecule has 0 spiro atoms. The Morgan fingerprint density at radius 3 is 2.00 bits per heavy atom. The summed E-state index contributed by atoms with van der Waals surface area (Å²) in [5, 5.41) is 19.4. The Morgan fingerprint density at radius 1 is 0.870 bits per heavy atom. The van der Waals surface area contributed by atoms with Crippen LogP contribution in [-0.2, 0) is 0 Å². The molecular weight excluding hydrogens is 294 g/mol. The fraction of sp³-hybridized carbons (Fsp3) is 0.333. The highest BCUT2D eigenvalue weighted by molar-refractivity contribution is 5.65. The summed E-state index contributed by atoms with van der Waals surface area (Å²) >= 11 is 0. The van der Waals surface area contributed by atoms with Crippen molar-refractivity contribution in [3.63, 3.8) is 0 Å². The number of hydrogen-bond acceptors (Lipinski definition) is 4. The van der Waals surface area contributed by atoms with Crippen LogP contribution in [0.4, 0.5) is 5.69 Å². The van der Waals surface area contributed by atoms with E-state index in [4.69, 9.17) is 9.84 Å². The molecule has 0 aliphatic carbocycles. The number of aliphatic hydroxyl groups is 1. The Kier molecular flexibility index (Phi) is 6.56. The lowest BCUT2D eigenvalue weighted by Gasteiger charge is -2.07. The molecule has 0 aromatic heterocycles. The molecule has 122 valence electrons. The predicted molar refractivity (Wildman–Crippen MR) is 89.6 cm³/mol. The monoisotopic (exact) mass is 315 g/mol. The fourth-order valence-electron chi connectivity index (χ4n) is 2.28. The summed E-state index contributed by atoms with van der Waals surface area (Å²) in [6.07, 6.45) is 3.91. The van der Waals surface area contributed by atoms with E-state index in [1.807, 2.05) is 24.3 Å². The molecule has 0 aliphatic heterocycles. The minimum Gasteiger partial charge on any atom is -0.494 e. The maximum Gasteiger partial charge on any atom is 0.269 e. The zero-order valence-electron chi connectivity index (χ0n) is 13.0. The Bertz CT molecular complexity index is 608. The van der Waals surface area contributed by atoms with Gasteiger partial charge in [0.05, 0.1) is 11.5 Å². The number of nitro benzene ring substituents is 1. The summed E-state index contributed by atoms with van der Waals surface area (Å²) in [5.41, 5.74) is 2.02. The van der Waals surface area contributed by atoms with Gasteiger partial charge >= 0.3 is 0 Å². The quantitative estimate of drug-likeness (QED) is 0.428. The van der Waals surface area contributed by atoms with Crippen LogP contribution in [-0.4, -0.2) is 23.2 Å². The number of nitro groups is 1. The molecule has 0 fully saturated rings. The van der Waals surface area contributed by atoms with Gasteiger partial charge in [0.25, 0.3) is 5.69 Å². The molecule has 0 heterocycles. The summed E-state index contributed by atoms with van der Waals surface area (Å²) in [4.78, 5) is 10.3. The maximum absolute atomic E-state index is 10.7. The highest BCUT2D eigenvalue weighted by Gasteiger charge is 2.05. The zero-order chi connectivity index (χ0) is 16.5. The maximum atomic E-state index is 10.7. The van der Waals surface area contributed by atoms with Gasteiger partial charge in [0, 0.05) is 18.7 Å². The van der Waals surface area contributed by atoms with Crippen molar-refractivity contribution in [1.82, 2.24) is 0 Å². The molecule has 5 nitrogen and oxygen atoms in total. The van der Waals surface area contributed by atoms with Gasteiger partial charge < -0.3 is 9.84 Å². The summed E-state index contributed by atoms with van der Waals surface area (Å²) in [5.74, 6) is 0.817. The van der Waals surface area contributed by atoms with Crippen LogP contribution >= 0.6 is 0 Å². The second kappa shape index (κ2) is 8.90. The lowest BCUT2D eigenvalue weighted by atomic mass is 10.1. The Morgan fingerprint density at radius 2 is 1.43 bits per heavy atom. The van der Waals surface area contributed by atoms with Crippen LogP contribution in [0.3, 0.4) is 0 Å². The molecule has 2 aromatic rings. The number of unbranched alkanes of at least 4 members (excludes halogenated alkanes) is 3. The highest BCUT2D eigenvalue weighted by Crippen LogP contribution is 2.24. The number of aliphatic hydroxyl groups excluding tert-OH is 1. The third kappa shape index (κ3) is 5.38. The normalized spacial score (nSPS) is 10.5. The first-order chi connectivity index (χ1) is 11.2. The molecule has 2 aromatic carbocycles. The van der Waals surface area contributed by atoms with E-state index < -0.39 is 4.92 Å². The second-order valence-corrected chi connectivity index (χ2v) is 5.31. The van der Waals surface area contributed by atoms with Crippen LogP contribution < -0.4 is 4.74 Å². The lowest BCUT2D eigenvalue weighted by molar-refractivity contribution is -0.384. The van der Waals surface area contributed by atoms with Crippen LogP contribution in [0.15, 0.2) is 48.5 Å². The molecule has 1 N–H and O–H groups in total. The van der Waals surface area contributed by atoms with Crippen molar-refractivity contribution in [2.24, 2.45) is 0 Å². The minimum absolute atomic E-state index is 0.0925. The van der Waals surface area contributed by atoms with Crippen LogP contribution in [0.25, 0.3) is 11.1 Å². The molecule has 23 heavy (non-hydrogen) atoms. The van der Waals surface area contributed by atoms with Crippen molar-refractivity contribution in [2.45, 2.75) is 25.7 Å². The van der Waals surface area contributed by atoms with Crippen LogP contribution in [0.5, 0.6) is 5.75 Å². The molecular formula is C18H21NO4. The average Bonchev–Trinajstić information content (AvgIpc) is 2.58. The summed E-state index contributed by atoms with van der Waals surface area (Å²) < 4.78 is 5.68. The van der Waals surface area contributed by atoms with E-state index in [1.54, 1.807) is 12.1 Å². The van der Waals surface area contributed by atoms with Gasteiger partial charge in [0.15, 0.2) is 0 Å². The van der Waals surface area contributed by atoms with Crippen LogP contribution in [0.2, 0.25) is 0 Å². The molecule has 0 aliphatic rings. The first kappa shape index (κ1) is 17.0. The third-order valence-electron chi connectivity index (χ3n) is 3.59. The standard InChI is InChI=1S/C18H21NO4/c20-13-3-1-2-4-14-23-18-11-7-16(8-12-18)15-5-9-17(10-6-15)19(21)22/h5-12,20H,1-4,13-14H2. The molecule has 0 amide bonds. The van der Waals surface area contributed by atoms with Crippen molar-refractivity contribution >= 4 is 5.69 Å². The van der Waals surface area contributed by atoms with Crippen molar-refractivity contribution in [1.29, 1.82) is 0 Å². The largest absolute Gasteiger partial charge is 0.494 e. The van der Waals surface area contributed by atoms with Gasteiger partial charge in [-0.1, -0.05) is 18.6 Å². The zero-order valence-corrected chi connectivity index (χ0v) is 13.0. The Balaban J connectivity index is 1.85. The van der Waals surface area contributed by atoms with E-state index >= 15 is 0 Å². The number of nitrogens with zero attached hydrogens (tertiary/aromatic N) is 1. The Hall–Kier alpha value is -2.40. The van der Waals surface area contributed by atoms with Crippen molar-refractivity contribution in [3.8, 4) is 16.9 Å². The second-order valence-electron chi connectivity index (χ2n) is 5.31. The average molecular weight is 315 g/mol. The van der Waals surface area contributed by atoms with Crippen molar-refractivity contribution < 1.29 is 14.8 Å². The summed E-state index contributed by atoms with van der Waals surface area (Å²) in [7, 11) is 0. The van der Waals surface area contributed by atoms with Gasteiger partial charge in [-0.2, -0.15) is 0 Å². The van der Waals surface area contributed by atoms with E-state index in [-0.39, 0.29) is 12.3 Å². The summed E-state index contributed by atoms with van der Waals surface area (Å²) in [6.45, 7) is 0.924. The molecule has 0 saturated heterocycles. The molecule has 2 rings (SSSR count).